The first kappa shape index (κ1) is 27.3. The largest absolute Gasteiger partial charge is 0.452 e. The summed E-state index contributed by atoms with van der Waals surface area (Å²) in [6.45, 7) is 0.219. The van der Waals surface area contributed by atoms with Gasteiger partial charge in [-0.25, -0.2) is 4.79 Å². The highest BCUT2D eigenvalue weighted by atomic mass is 16.5. The van der Waals surface area contributed by atoms with Gasteiger partial charge in [-0.1, -0.05) is 121 Å². The molecule has 5 rings (SSSR count). The van der Waals surface area contributed by atoms with Crippen LogP contribution < -0.4 is 5.43 Å². The van der Waals surface area contributed by atoms with Crippen LogP contribution in [0.25, 0.3) is 0 Å². The smallest absolute Gasteiger partial charge is 0.344 e. The van der Waals surface area contributed by atoms with Crippen LogP contribution in [0, 0.1) is 0 Å². The SMILES string of the molecule is O=C(CCn1ccc(=O)c(C(=O)OC(c2ccccc2)c2ccccc2)c1)OC(c1ccccc1)c1ccccc1. The van der Waals surface area contributed by atoms with Gasteiger partial charge in [0.15, 0.2) is 17.6 Å². The average molecular weight is 544 g/mol. The quantitative estimate of drug-likeness (QED) is 0.188. The highest BCUT2D eigenvalue weighted by molar-refractivity contribution is 5.89. The minimum Gasteiger partial charge on any atom is -0.452 e. The molecule has 0 unspecified atom stereocenters. The molecule has 5 aromatic rings. The van der Waals surface area contributed by atoms with Crippen LogP contribution in [0.5, 0.6) is 0 Å². The first-order chi connectivity index (χ1) is 20.1. The normalized spacial score (nSPS) is 10.9. The van der Waals surface area contributed by atoms with Crippen LogP contribution in [0.1, 0.15) is 51.2 Å². The molecular weight excluding hydrogens is 514 g/mol. The number of benzene rings is 4. The summed E-state index contributed by atoms with van der Waals surface area (Å²) < 4.78 is 13.4. The third kappa shape index (κ3) is 7.05. The first-order valence-electron chi connectivity index (χ1n) is 13.4. The molecule has 0 saturated heterocycles. The number of pyridine rings is 1. The Kier molecular flexibility index (Phi) is 8.81. The zero-order valence-corrected chi connectivity index (χ0v) is 22.3. The number of hydrogen-bond acceptors (Lipinski definition) is 5. The van der Waals surface area contributed by atoms with Crippen molar-refractivity contribution in [1.82, 2.24) is 4.57 Å². The highest BCUT2D eigenvalue weighted by Crippen LogP contribution is 2.28. The van der Waals surface area contributed by atoms with Crippen LogP contribution in [-0.2, 0) is 20.8 Å². The van der Waals surface area contributed by atoms with Crippen molar-refractivity contribution in [2.24, 2.45) is 0 Å². The molecule has 0 atom stereocenters. The van der Waals surface area contributed by atoms with Gasteiger partial charge in [0.2, 0.25) is 0 Å². The Labute approximate surface area is 238 Å². The van der Waals surface area contributed by atoms with E-state index in [1.54, 1.807) is 10.8 Å². The van der Waals surface area contributed by atoms with E-state index in [1.165, 1.54) is 12.3 Å². The molecule has 6 heteroatoms. The van der Waals surface area contributed by atoms with E-state index in [2.05, 4.69) is 0 Å². The molecule has 0 aliphatic carbocycles. The second kappa shape index (κ2) is 13.2. The van der Waals surface area contributed by atoms with Crippen LogP contribution in [0.4, 0.5) is 0 Å². The van der Waals surface area contributed by atoms with Crippen molar-refractivity contribution < 1.29 is 19.1 Å². The molecule has 0 spiro atoms. The summed E-state index contributed by atoms with van der Waals surface area (Å²) in [5.41, 5.74) is 2.75. The molecule has 1 aromatic heterocycles. The van der Waals surface area contributed by atoms with Crippen LogP contribution >= 0.6 is 0 Å². The van der Waals surface area contributed by atoms with Gasteiger partial charge < -0.3 is 14.0 Å². The summed E-state index contributed by atoms with van der Waals surface area (Å²) in [6.07, 6.45) is 1.80. The van der Waals surface area contributed by atoms with Gasteiger partial charge in [-0.15, -0.1) is 0 Å². The first-order valence-corrected chi connectivity index (χ1v) is 13.4. The molecule has 0 bridgehead atoms. The van der Waals surface area contributed by atoms with E-state index in [0.29, 0.717) is 0 Å². The molecule has 0 N–H and O–H groups in total. The lowest BCUT2D eigenvalue weighted by atomic mass is 10.0. The van der Waals surface area contributed by atoms with Crippen LogP contribution in [0.2, 0.25) is 0 Å². The van der Waals surface area contributed by atoms with Crippen molar-refractivity contribution in [3.8, 4) is 0 Å². The molecular formula is C35H29NO5. The standard InChI is InChI=1S/C35H29NO5/c37-31-21-23-36(24-22-32(38)40-33(26-13-5-1-6-14-26)27-15-7-2-8-16-27)25-30(31)35(39)41-34(28-17-9-3-10-18-28)29-19-11-4-12-20-29/h1-21,23,25,33-34H,22,24H2. The van der Waals surface area contributed by atoms with E-state index in [9.17, 15) is 14.4 Å². The molecule has 0 aliphatic heterocycles. The Morgan fingerprint density at radius 1 is 0.585 bits per heavy atom. The molecule has 41 heavy (non-hydrogen) atoms. The van der Waals surface area contributed by atoms with E-state index in [-0.39, 0.29) is 18.5 Å². The zero-order valence-electron chi connectivity index (χ0n) is 22.3. The molecule has 6 nitrogen and oxygen atoms in total. The molecule has 0 fully saturated rings. The van der Waals surface area contributed by atoms with Gasteiger partial charge in [0.1, 0.15) is 5.56 Å². The summed E-state index contributed by atoms with van der Waals surface area (Å²) >= 11 is 0. The van der Waals surface area contributed by atoms with Crippen molar-refractivity contribution in [2.75, 3.05) is 0 Å². The molecule has 0 radical (unpaired) electrons. The predicted octanol–water partition coefficient (Wildman–Crippen LogP) is 6.52. The number of rotatable bonds is 10. The van der Waals surface area contributed by atoms with E-state index in [0.717, 1.165) is 22.3 Å². The van der Waals surface area contributed by atoms with Crippen molar-refractivity contribution in [2.45, 2.75) is 25.2 Å². The highest BCUT2D eigenvalue weighted by Gasteiger charge is 2.22. The summed E-state index contributed by atoms with van der Waals surface area (Å²) in [6, 6.07) is 39.2. The Bertz CT molecular complexity index is 1560. The maximum absolute atomic E-state index is 13.2. The fraction of sp³-hybridized carbons (Fsp3) is 0.114. The summed E-state index contributed by atoms with van der Waals surface area (Å²) in [7, 11) is 0. The summed E-state index contributed by atoms with van der Waals surface area (Å²) in [4.78, 5) is 38.8. The monoisotopic (exact) mass is 543 g/mol. The number of aromatic nitrogens is 1. The second-order valence-electron chi connectivity index (χ2n) is 9.51. The summed E-state index contributed by atoms with van der Waals surface area (Å²) in [5.74, 6) is -1.14. The average Bonchev–Trinajstić information content (AvgIpc) is 3.03. The fourth-order valence-corrected chi connectivity index (χ4v) is 4.57. The number of carbonyl (C=O) groups is 2. The molecule has 1 heterocycles. The van der Waals surface area contributed by atoms with Crippen molar-refractivity contribution >= 4 is 11.9 Å². The number of nitrogens with zero attached hydrogens (tertiary/aromatic N) is 1. The van der Waals surface area contributed by atoms with Crippen LogP contribution in [0.15, 0.2) is 145 Å². The predicted molar refractivity (Wildman–Crippen MR) is 156 cm³/mol. The minimum atomic E-state index is -0.738. The van der Waals surface area contributed by atoms with Gasteiger partial charge in [0.05, 0.1) is 6.42 Å². The zero-order chi connectivity index (χ0) is 28.4. The Hall–Kier alpha value is -5.23. The maximum atomic E-state index is 13.2. The molecule has 0 aliphatic rings. The number of hydrogen-bond donors (Lipinski definition) is 0. The molecule has 204 valence electrons. The van der Waals surface area contributed by atoms with Gasteiger partial charge in [-0.2, -0.15) is 0 Å². The minimum absolute atomic E-state index is 0.0458. The van der Waals surface area contributed by atoms with Gasteiger partial charge in [-0.3, -0.25) is 9.59 Å². The maximum Gasteiger partial charge on any atom is 0.344 e. The molecule has 0 amide bonds. The molecule has 0 saturated carbocycles. The Balaban J connectivity index is 1.29. The van der Waals surface area contributed by atoms with E-state index < -0.39 is 29.6 Å². The number of aryl methyl sites for hydroxylation is 1. The lowest BCUT2D eigenvalue weighted by molar-refractivity contribution is -0.147. The van der Waals surface area contributed by atoms with Crippen LogP contribution in [-0.4, -0.2) is 16.5 Å². The lowest BCUT2D eigenvalue weighted by Crippen LogP contribution is -2.22. The van der Waals surface area contributed by atoms with Crippen molar-refractivity contribution in [3.63, 3.8) is 0 Å². The van der Waals surface area contributed by atoms with E-state index in [4.69, 9.17) is 9.47 Å². The topological polar surface area (TPSA) is 74.6 Å². The number of esters is 2. The van der Waals surface area contributed by atoms with Gasteiger partial charge >= 0.3 is 11.9 Å². The summed E-state index contributed by atoms with van der Waals surface area (Å²) in [5, 5.41) is 0. The van der Waals surface area contributed by atoms with Crippen LogP contribution in [0.3, 0.4) is 0 Å². The lowest BCUT2D eigenvalue weighted by Gasteiger charge is -2.20. The Morgan fingerprint density at radius 3 is 1.44 bits per heavy atom. The Morgan fingerprint density at radius 2 is 1.00 bits per heavy atom. The third-order valence-corrected chi connectivity index (χ3v) is 6.66. The van der Waals surface area contributed by atoms with E-state index >= 15 is 0 Å². The van der Waals surface area contributed by atoms with Crippen molar-refractivity contribution in [1.29, 1.82) is 0 Å². The van der Waals surface area contributed by atoms with Gasteiger partial charge in [0, 0.05) is 25.0 Å². The number of ether oxygens (including phenoxy) is 2. The second-order valence-corrected chi connectivity index (χ2v) is 9.51. The third-order valence-electron chi connectivity index (χ3n) is 6.66. The number of carbonyl (C=O) groups excluding carboxylic acids is 2. The fourth-order valence-electron chi connectivity index (χ4n) is 4.57. The van der Waals surface area contributed by atoms with Gasteiger partial charge in [0.25, 0.3) is 0 Å². The molecule has 4 aromatic carbocycles. The van der Waals surface area contributed by atoms with E-state index in [1.807, 2.05) is 121 Å². The van der Waals surface area contributed by atoms with Crippen molar-refractivity contribution in [3.05, 3.63) is 178 Å². The van der Waals surface area contributed by atoms with Gasteiger partial charge in [-0.05, 0) is 22.3 Å².